The van der Waals surface area contributed by atoms with Gasteiger partial charge in [-0.15, -0.1) is 0 Å². The van der Waals surface area contributed by atoms with E-state index in [0.29, 0.717) is 5.69 Å². The highest BCUT2D eigenvalue weighted by Gasteiger charge is 2.64. The van der Waals surface area contributed by atoms with Crippen molar-refractivity contribution in [3.8, 4) is 5.75 Å². The van der Waals surface area contributed by atoms with E-state index in [2.05, 4.69) is 10.3 Å². The molecule has 11 nitrogen and oxygen atoms in total. The number of likely N-dealkylation sites (N-methyl/N-ethyl adjacent to an activating group) is 1. The molecule has 1 aromatic heterocycles. The number of primary amides is 1. The monoisotopic (exact) mass is 538 g/mol. The summed E-state index contributed by atoms with van der Waals surface area (Å²) in [5.74, 6) is -8.50. The van der Waals surface area contributed by atoms with Crippen LogP contribution in [0.5, 0.6) is 5.75 Å². The van der Waals surface area contributed by atoms with Gasteiger partial charge < -0.3 is 31.5 Å². The number of hydrogen-bond acceptors (Lipinski definition) is 10. The van der Waals surface area contributed by atoms with Gasteiger partial charge in [-0.2, -0.15) is 0 Å². The number of aromatic hydroxyl groups is 1. The molecule has 0 unspecified atom stereocenters. The smallest absolute Gasteiger partial charge is 0.255 e. The summed E-state index contributed by atoms with van der Waals surface area (Å²) in [6, 6.07) is 3.35. The Labute approximate surface area is 222 Å². The van der Waals surface area contributed by atoms with Gasteiger partial charge in [0.25, 0.3) is 5.91 Å². The van der Waals surface area contributed by atoms with Crippen molar-refractivity contribution in [3.05, 3.63) is 70.0 Å². The zero-order chi connectivity index (χ0) is 28.4. The van der Waals surface area contributed by atoms with Crippen LogP contribution in [0.3, 0.4) is 0 Å². The number of phenols is 1. The van der Waals surface area contributed by atoms with Crippen LogP contribution in [-0.4, -0.2) is 73.5 Å². The Bertz CT molecular complexity index is 1490. The van der Waals surface area contributed by atoms with E-state index in [1.807, 2.05) is 0 Å². The van der Waals surface area contributed by atoms with Gasteiger partial charge in [0.1, 0.15) is 28.7 Å². The number of nitrogens with one attached hydrogen (secondary N) is 1. The van der Waals surface area contributed by atoms with Crippen molar-refractivity contribution in [2.45, 2.75) is 31.0 Å². The average molecular weight is 539 g/mol. The highest BCUT2D eigenvalue weighted by molar-refractivity contribution is 6.24. The summed E-state index contributed by atoms with van der Waals surface area (Å²) in [5.41, 5.74) is 1.74. The molecular formula is C27H27FN4O7. The van der Waals surface area contributed by atoms with E-state index >= 15 is 4.39 Å². The minimum absolute atomic E-state index is 0.00651. The van der Waals surface area contributed by atoms with Gasteiger partial charge in [-0.05, 0) is 51.1 Å². The van der Waals surface area contributed by atoms with E-state index in [-0.39, 0.29) is 41.6 Å². The SMILES string of the molecule is CN(C)[C@@H]1C(=O)C(C(N)=O)=C(O)[C@@]2(O)C(=O)C3=C(O)c4c(O)cc(CNc5cccnc5)c(F)c4C[C@H]3C[C@@H]12. The number of phenolic OH excluding ortho intramolecular Hbond substituents is 1. The molecule has 1 saturated carbocycles. The maximum absolute atomic E-state index is 15.7. The Morgan fingerprint density at radius 2 is 2.00 bits per heavy atom. The van der Waals surface area contributed by atoms with Gasteiger partial charge in [-0.3, -0.25) is 24.3 Å². The number of aliphatic hydroxyl groups is 3. The minimum Gasteiger partial charge on any atom is -0.508 e. The molecule has 12 heteroatoms. The standard InChI is InChI=1S/C27H27FN4O7/c1-32(2)21-15-7-11-6-14-18(16(33)8-12(20(14)28)9-31-13-4-3-5-30-10-13)22(34)17(11)24(36)27(15,39)25(37)19(23(21)35)26(29)38/h3-5,8,10-11,15,21,31,33-34,37,39H,6-7,9H2,1-2H3,(H2,29,38)/t11-,15-,21-,27-/m0/s1. The highest BCUT2D eigenvalue weighted by atomic mass is 19.1. The summed E-state index contributed by atoms with van der Waals surface area (Å²) in [6.45, 7) is -0.00651. The van der Waals surface area contributed by atoms with Crippen molar-refractivity contribution in [2.75, 3.05) is 19.4 Å². The Balaban J connectivity index is 1.62. The molecule has 0 bridgehead atoms. The number of hydrogen-bond donors (Lipinski definition) is 6. The Morgan fingerprint density at radius 1 is 1.28 bits per heavy atom. The first-order valence-electron chi connectivity index (χ1n) is 12.2. The molecule has 0 saturated heterocycles. The van der Waals surface area contributed by atoms with Crippen molar-refractivity contribution in [2.24, 2.45) is 17.6 Å². The summed E-state index contributed by atoms with van der Waals surface area (Å²) < 4.78 is 15.7. The van der Waals surface area contributed by atoms with Crippen molar-refractivity contribution in [3.63, 3.8) is 0 Å². The Hall–Kier alpha value is -4.29. The third-order valence-corrected chi connectivity index (χ3v) is 7.87. The molecule has 3 aliphatic carbocycles. The largest absolute Gasteiger partial charge is 0.508 e. The van der Waals surface area contributed by atoms with E-state index in [4.69, 9.17) is 5.73 Å². The lowest BCUT2D eigenvalue weighted by Crippen LogP contribution is -2.65. The van der Waals surface area contributed by atoms with Crippen LogP contribution in [0.2, 0.25) is 0 Å². The first-order valence-corrected chi connectivity index (χ1v) is 12.2. The molecule has 1 amide bonds. The quantitative estimate of drug-likeness (QED) is 0.301. The minimum atomic E-state index is -2.74. The van der Waals surface area contributed by atoms with Gasteiger partial charge >= 0.3 is 0 Å². The number of amides is 1. The molecule has 39 heavy (non-hydrogen) atoms. The Morgan fingerprint density at radius 3 is 2.62 bits per heavy atom. The topological polar surface area (TPSA) is 186 Å². The number of ketones is 2. The number of nitrogens with two attached hydrogens (primary N) is 1. The molecule has 1 fully saturated rings. The van der Waals surface area contributed by atoms with Gasteiger partial charge in [0.15, 0.2) is 11.4 Å². The van der Waals surface area contributed by atoms with Gasteiger partial charge in [0.2, 0.25) is 5.78 Å². The number of pyridine rings is 1. The summed E-state index contributed by atoms with van der Waals surface area (Å²) in [4.78, 5) is 44.3. The van der Waals surface area contributed by atoms with Crippen LogP contribution in [0.4, 0.5) is 10.1 Å². The summed E-state index contributed by atoms with van der Waals surface area (Å²) in [5, 5.41) is 47.4. The average Bonchev–Trinajstić information content (AvgIpc) is 2.87. The second kappa shape index (κ2) is 9.17. The fraction of sp³-hybridized carbons (Fsp3) is 0.333. The number of carbonyl (C=O) groups excluding carboxylic acids is 3. The lowest BCUT2D eigenvalue weighted by molar-refractivity contribution is -0.153. The Kier molecular flexibility index (Phi) is 6.19. The number of rotatable bonds is 5. The zero-order valence-corrected chi connectivity index (χ0v) is 21.1. The lowest BCUT2D eigenvalue weighted by atomic mass is 9.57. The summed E-state index contributed by atoms with van der Waals surface area (Å²) in [7, 11) is 3.01. The van der Waals surface area contributed by atoms with E-state index in [0.717, 1.165) is 6.07 Å². The third-order valence-electron chi connectivity index (χ3n) is 7.87. The predicted octanol–water partition coefficient (Wildman–Crippen LogP) is 1.11. The predicted molar refractivity (Wildman–Crippen MR) is 136 cm³/mol. The van der Waals surface area contributed by atoms with Crippen molar-refractivity contribution in [1.82, 2.24) is 9.88 Å². The molecule has 2 aromatic rings. The molecule has 1 aromatic carbocycles. The molecule has 0 spiro atoms. The summed E-state index contributed by atoms with van der Waals surface area (Å²) >= 11 is 0. The van der Waals surface area contributed by atoms with Crippen LogP contribution >= 0.6 is 0 Å². The van der Waals surface area contributed by atoms with Gasteiger partial charge in [-0.25, -0.2) is 4.39 Å². The second-order valence-corrected chi connectivity index (χ2v) is 10.3. The third kappa shape index (κ3) is 3.78. The number of halogens is 1. The first kappa shape index (κ1) is 26.3. The number of fused-ring (bicyclic) bond motifs is 3. The van der Waals surface area contributed by atoms with Crippen LogP contribution in [0.1, 0.15) is 23.1 Å². The number of aliphatic hydroxyl groups excluding tert-OH is 2. The molecular weight excluding hydrogens is 511 g/mol. The van der Waals surface area contributed by atoms with E-state index < -0.39 is 69.6 Å². The zero-order valence-electron chi connectivity index (χ0n) is 21.1. The number of anilines is 1. The molecule has 204 valence electrons. The maximum atomic E-state index is 15.7. The number of aromatic nitrogens is 1. The van der Waals surface area contributed by atoms with Crippen LogP contribution in [0, 0.1) is 17.7 Å². The van der Waals surface area contributed by atoms with Crippen molar-refractivity contribution < 1.29 is 39.2 Å². The number of Topliss-reactive ketones (excluding diaryl/α,β-unsaturated/α-hetero) is 2. The van der Waals surface area contributed by atoms with Crippen LogP contribution in [-0.2, 0) is 27.3 Å². The fourth-order valence-electron chi connectivity index (χ4n) is 6.14. The molecule has 1 heterocycles. The highest BCUT2D eigenvalue weighted by Crippen LogP contribution is 2.53. The van der Waals surface area contributed by atoms with E-state index in [1.165, 1.54) is 19.0 Å². The van der Waals surface area contributed by atoms with E-state index in [9.17, 15) is 34.8 Å². The number of nitrogens with zero attached hydrogens (tertiary/aromatic N) is 2. The van der Waals surface area contributed by atoms with Crippen molar-refractivity contribution >= 4 is 28.9 Å². The van der Waals surface area contributed by atoms with Gasteiger partial charge in [-0.1, -0.05) is 0 Å². The van der Waals surface area contributed by atoms with Crippen molar-refractivity contribution in [1.29, 1.82) is 0 Å². The molecule has 4 atom stereocenters. The normalized spacial score (nSPS) is 26.3. The number of benzene rings is 1. The number of carbonyl (C=O) groups is 3. The molecule has 3 aliphatic rings. The van der Waals surface area contributed by atoms with Gasteiger partial charge in [0, 0.05) is 41.6 Å². The summed E-state index contributed by atoms with van der Waals surface area (Å²) in [6.07, 6.45) is 2.88. The fourth-order valence-corrected chi connectivity index (χ4v) is 6.14. The van der Waals surface area contributed by atoms with Crippen LogP contribution in [0.25, 0.3) is 5.76 Å². The molecule has 7 N–H and O–H groups in total. The van der Waals surface area contributed by atoms with Crippen LogP contribution in [0.15, 0.2) is 47.5 Å². The second-order valence-electron chi connectivity index (χ2n) is 10.3. The maximum Gasteiger partial charge on any atom is 0.255 e. The van der Waals surface area contributed by atoms with E-state index in [1.54, 1.807) is 24.5 Å². The van der Waals surface area contributed by atoms with Gasteiger partial charge in [0.05, 0.1) is 17.3 Å². The van der Waals surface area contributed by atoms with Crippen LogP contribution < -0.4 is 11.1 Å². The lowest BCUT2D eigenvalue weighted by Gasteiger charge is -2.50. The molecule has 5 rings (SSSR count). The molecule has 0 aliphatic heterocycles. The first-order chi connectivity index (χ1) is 18.4. The molecule has 0 radical (unpaired) electrons.